The highest BCUT2D eigenvalue weighted by atomic mass is 32.1. The van der Waals surface area contributed by atoms with Crippen molar-refractivity contribution in [3.8, 4) is 5.75 Å². The molecule has 6 nitrogen and oxygen atoms in total. The lowest BCUT2D eigenvalue weighted by Gasteiger charge is -2.14. The van der Waals surface area contributed by atoms with Crippen molar-refractivity contribution in [2.75, 3.05) is 5.32 Å². The molecule has 0 unspecified atom stereocenters. The summed E-state index contributed by atoms with van der Waals surface area (Å²) in [6.07, 6.45) is 2.22. The van der Waals surface area contributed by atoms with Crippen LogP contribution in [0.15, 0.2) is 35.3 Å². The molecule has 3 aromatic rings. The molecule has 2 aromatic heterocycles. The first-order chi connectivity index (χ1) is 12.8. The zero-order valence-electron chi connectivity index (χ0n) is 15.9. The topological polar surface area (TPSA) is 72.7 Å². The fourth-order valence-electron chi connectivity index (χ4n) is 2.72. The van der Waals surface area contributed by atoms with Crippen LogP contribution in [0.5, 0.6) is 5.75 Å². The van der Waals surface area contributed by atoms with Crippen molar-refractivity contribution >= 4 is 27.9 Å². The van der Waals surface area contributed by atoms with Crippen molar-refractivity contribution in [1.29, 1.82) is 0 Å². The Bertz CT molecular complexity index is 1040. The van der Waals surface area contributed by atoms with Crippen LogP contribution in [-0.4, -0.2) is 15.3 Å². The number of carbonyl (C=O) groups is 1. The molecule has 7 heteroatoms. The second kappa shape index (κ2) is 7.92. The Labute approximate surface area is 161 Å². The number of anilines is 1. The lowest BCUT2D eigenvalue weighted by Crippen LogP contribution is -2.16. The zero-order valence-corrected chi connectivity index (χ0v) is 16.7. The molecule has 2 heterocycles. The molecule has 142 valence electrons. The summed E-state index contributed by atoms with van der Waals surface area (Å²) in [4.78, 5) is 30.5. The number of hydrogen-bond donors (Lipinski definition) is 1. The molecule has 0 aliphatic rings. The van der Waals surface area contributed by atoms with Crippen molar-refractivity contribution in [3.63, 3.8) is 0 Å². The maximum Gasteiger partial charge on any atom is 0.258 e. The van der Waals surface area contributed by atoms with Gasteiger partial charge in [0, 0.05) is 23.6 Å². The van der Waals surface area contributed by atoms with E-state index >= 15 is 0 Å². The van der Waals surface area contributed by atoms with Crippen LogP contribution >= 0.6 is 11.3 Å². The number of amides is 1. The molecule has 1 N–H and O–H groups in total. The van der Waals surface area contributed by atoms with Gasteiger partial charge in [0.15, 0.2) is 4.96 Å². The van der Waals surface area contributed by atoms with Gasteiger partial charge in [0.2, 0.25) is 5.91 Å². The van der Waals surface area contributed by atoms with Crippen LogP contribution in [0.25, 0.3) is 4.96 Å². The Morgan fingerprint density at radius 2 is 2.07 bits per heavy atom. The smallest absolute Gasteiger partial charge is 0.258 e. The van der Waals surface area contributed by atoms with Crippen molar-refractivity contribution in [1.82, 2.24) is 9.38 Å². The Morgan fingerprint density at radius 1 is 1.30 bits per heavy atom. The minimum absolute atomic E-state index is 0.0488. The van der Waals surface area contributed by atoms with Crippen molar-refractivity contribution < 1.29 is 9.53 Å². The van der Waals surface area contributed by atoms with Crippen LogP contribution in [0, 0.1) is 19.8 Å². The Hall–Kier alpha value is -2.67. The minimum Gasteiger partial charge on any atom is -0.485 e. The van der Waals surface area contributed by atoms with Gasteiger partial charge < -0.3 is 10.1 Å². The summed E-state index contributed by atoms with van der Waals surface area (Å²) >= 11 is 1.46. The van der Waals surface area contributed by atoms with Gasteiger partial charge in [-0.1, -0.05) is 19.9 Å². The lowest BCUT2D eigenvalue weighted by molar-refractivity contribution is -0.116. The quantitative estimate of drug-likeness (QED) is 0.698. The molecular weight excluding hydrogens is 362 g/mol. The molecular formula is C20H23N3O3S. The van der Waals surface area contributed by atoms with Gasteiger partial charge in [0.25, 0.3) is 5.56 Å². The van der Waals surface area contributed by atoms with E-state index in [1.54, 1.807) is 6.20 Å². The first-order valence-electron chi connectivity index (χ1n) is 8.84. The van der Waals surface area contributed by atoms with Gasteiger partial charge in [0.05, 0.1) is 11.4 Å². The third-order valence-corrected chi connectivity index (χ3v) is 4.81. The summed E-state index contributed by atoms with van der Waals surface area (Å²) in [5.41, 5.74) is 2.08. The maximum atomic E-state index is 12.2. The van der Waals surface area contributed by atoms with Gasteiger partial charge in [-0.15, -0.1) is 11.3 Å². The largest absolute Gasteiger partial charge is 0.485 e. The molecule has 0 spiro atoms. The number of carbonyl (C=O) groups excluding carboxylic acids is 1. The standard InChI is InChI=1S/C20H23N3O3S/c1-12(2)7-18(24)22-16-8-13(3)5-6-17(16)26-11-15-9-19(25)23-10-14(4)27-20(23)21-15/h5-6,8-10,12H,7,11H2,1-4H3,(H,22,24). The molecule has 0 radical (unpaired) electrons. The summed E-state index contributed by atoms with van der Waals surface area (Å²) in [5, 5.41) is 2.92. The van der Waals surface area contributed by atoms with Gasteiger partial charge in [-0.3, -0.25) is 14.0 Å². The Morgan fingerprint density at radius 3 is 2.81 bits per heavy atom. The molecule has 0 atom stereocenters. The summed E-state index contributed by atoms with van der Waals surface area (Å²) < 4.78 is 7.41. The third kappa shape index (κ3) is 4.74. The molecule has 0 saturated carbocycles. The van der Waals surface area contributed by atoms with Crippen molar-refractivity contribution in [3.05, 3.63) is 57.0 Å². The maximum absolute atomic E-state index is 12.2. The highest BCUT2D eigenvalue weighted by Crippen LogP contribution is 2.27. The van der Waals surface area contributed by atoms with Crippen LogP contribution in [0.1, 0.15) is 36.4 Å². The van der Waals surface area contributed by atoms with Crippen LogP contribution in [0.4, 0.5) is 5.69 Å². The molecule has 1 aromatic carbocycles. The van der Waals surface area contributed by atoms with Gasteiger partial charge >= 0.3 is 0 Å². The van der Waals surface area contributed by atoms with Gasteiger partial charge in [-0.2, -0.15) is 0 Å². The zero-order chi connectivity index (χ0) is 19.6. The van der Waals surface area contributed by atoms with E-state index < -0.39 is 0 Å². The predicted octanol–water partition coefficient (Wildman–Crippen LogP) is 3.94. The van der Waals surface area contributed by atoms with Gasteiger partial charge in [-0.25, -0.2) is 4.98 Å². The van der Waals surface area contributed by atoms with Crippen LogP contribution in [0.3, 0.4) is 0 Å². The van der Waals surface area contributed by atoms with Gasteiger partial charge in [0.1, 0.15) is 12.4 Å². The molecule has 0 aliphatic carbocycles. The molecule has 27 heavy (non-hydrogen) atoms. The summed E-state index contributed by atoms with van der Waals surface area (Å²) in [6, 6.07) is 7.09. The molecule has 3 rings (SSSR count). The second-order valence-corrected chi connectivity index (χ2v) is 8.23. The first-order valence-corrected chi connectivity index (χ1v) is 9.65. The number of ether oxygens (including phenoxy) is 1. The van der Waals surface area contributed by atoms with E-state index in [2.05, 4.69) is 10.3 Å². The number of nitrogens with zero attached hydrogens (tertiary/aromatic N) is 2. The van der Waals surface area contributed by atoms with E-state index in [0.29, 0.717) is 28.5 Å². The van der Waals surface area contributed by atoms with Crippen molar-refractivity contribution in [2.45, 2.75) is 40.7 Å². The van der Waals surface area contributed by atoms with Crippen LogP contribution in [-0.2, 0) is 11.4 Å². The molecule has 1 amide bonds. The van der Waals surface area contributed by atoms with Crippen molar-refractivity contribution in [2.24, 2.45) is 5.92 Å². The summed E-state index contributed by atoms with van der Waals surface area (Å²) in [7, 11) is 0. The number of rotatable bonds is 6. The van der Waals surface area contributed by atoms with E-state index in [-0.39, 0.29) is 24.0 Å². The molecule has 0 saturated heterocycles. The number of aryl methyl sites for hydroxylation is 2. The molecule has 0 fully saturated rings. The number of thiazole rings is 1. The van der Waals surface area contributed by atoms with E-state index in [4.69, 9.17) is 4.74 Å². The number of nitrogens with one attached hydrogen (secondary N) is 1. The Kier molecular flexibility index (Phi) is 5.60. The Balaban J connectivity index is 1.79. The number of fused-ring (bicyclic) bond motifs is 1. The van der Waals surface area contributed by atoms with Crippen LogP contribution in [0.2, 0.25) is 0 Å². The normalized spacial score (nSPS) is 11.1. The highest BCUT2D eigenvalue weighted by molar-refractivity contribution is 7.16. The van der Waals surface area contributed by atoms with Crippen LogP contribution < -0.4 is 15.6 Å². The predicted molar refractivity (Wildman–Crippen MR) is 108 cm³/mol. The lowest BCUT2D eigenvalue weighted by atomic mass is 10.1. The fraction of sp³-hybridized carbons (Fsp3) is 0.350. The molecule has 0 aliphatic heterocycles. The third-order valence-electron chi connectivity index (χ3n) is 3.91. The second-order valence-electron chi connectivity index (χ2n) is 7.01. The van der Waals surface area contributed by atoms with Gasteiger partial charge in [-0.05, 0) is 37.5 Å². The van der Waals surface area contributed by atoms with E-state index in [9.17, 15) is 9.59 Å². The fourth-order valence-corrected chi connectivity index (χ4v) is 3.57. The number of aromatic nitrogens is 2. The summed E-state index contributed by atoms with van der Waals surface area (Å²) in [6.45, 7) is 8.04. The molecule has 0 bridgehead atoms. The number of benzene rings is 1. The SMILES string of the molecule is Cc1ccc(OCc2cc(=O)n3cc(C)sc3n2)c(NC(=O)CC(C)C)c1. The minimum atomic E-state index is -0.127. The average molecular weight is 385 g/mol. The van der Waals surface area contributed by atoms with E-state index in [1.807, 2.05) is 45.9 Å². The van der Waals surface area contributed by atoms with E-state index in [0.717, 1.165) is 10.4 Å². The average Bonchev–Trinajstić information content (AvgIpc) is 2.94. The number of hydrogen-bond acceptors (Lipinski definition) is 5. The monoisotopic (exact) mass is 385 g/mol. The highest BCUT2D eigenvalue weighted by Gasteiger charge is 2.11. The first kappa shape index (κ1) is 19.1. The van der Waals surface area contributed by atoms with E-state index in [1.165, 1.54) is 21.8 Å². The summed E-state index contributed by atoms with van der Waals surface area (Å²) in [5.74, 6) is 0.784.